The summed E-state index contributed by atoms with van der Waals surface area (Å²) in [6, 6.07) is 0. The molecular formula is C5H5Cl2NO3. The molecule has 6 heteroatoms. The summed E-state index contributed by atoms with van der Waals surface area (Å²) in [7, 11) is 1.11. The number of amides is 1. The van der Waals surface area contributed by atoms with E-state index in [0.717, 1.165) is 7.11 Å². The predicted molar refractivity (Wildman–Crippen MR) is 39.9 cm³/mol. The summed E-state index contributed by atoms with van der Waals surface area (Å²) >= 11 is 10.5. The first-order valence-electron chi connectivity index (χ1n) is 2.44. The zero-order valence-electron chi connectivity index (χ0n) is 5.56. The van der Waals surface area contributed by atoms with Crippen molar-refractivity contribution >= 4 is 35.1 Å². The summed E-state index contributed by atoms with van der Waals surface area (Å²) in [5.41, 5.74) is 4.71. The Kier molecular flexibility index (Phi) is 3.92. The Morgan fingerprint density at radius 3 is 2.00 bits per heavy atom. The Balaban J connectivity index is 4.66. The van der Waals surface area contributed by atoms with Crippen LogP contribution in [0.5, 0.6) is 0 Å². The molecule has 0 aromatic carbocycles. The number of hydrogen-bond donors (Lipinski definition) is 1. The SMILES string of the molecule is COC(=O)/C(Cl)=C(/Cl)C(N)=O. The van der Waals surface area contributed by atoms with Gasteiger partial charge in [-0.1, -0.05) is 23.2 Å². The van der Waals surface area contributed by atoms with Gasteiger partial charge in [0, 0.05) is 0 Å². The Labute approximate surface area is 72.9 Å². The van der Waals surface area contributed by atoms with Crippen LogP contribution < -0.4 is 5.73 Å². The topological polar surface area (TPSA) is 69.4 Å². The molecule has 2 N–H and O–H groups in total. The van der Waals surface area contributed by atoms with Crippen LogP contribution in [0.2, 0.25) is 0 Å². The van der Waals surface area contributed by atoms with Crippen LogP contribution in [0.25, 0.3) is 0 Å². The molecule has 0 saturated heterocycles. The fourth-order valence-corrected chi connectivity index (χ4v) is 0.535. The number of nitrogens with two attached hydrogens (primary N) is 1. The Morgan fingerprint density at radius 1 is 1.27 bits per heavy atom. The molecule has 0 rings (SSSR count). The van der Waals surface area contributed by atoms with Gasteiger partial charge in [-0.15, -0.1) is 0 Å². The predicted octanol–water partition coefficient (Wildman–Crippen LogP) is 0.334. The van der Waals surface area contributed by atoms with Crippen molar-refractivity contribution in [3.63, 3.8) is 0 Å². The lowest BCUT2D eigenvalue weighted by Crippen LogP contribution is -2.14. The highest BCUT2D eigenvalue weighted by molar-refractivity contribution is 6.53. The Morgan fingerprint density at radius 2 is 1.73 bits per heavy atom. The fraction of sp³-hybridized carbons (Fsp3) is 0.200. The van der Waals surface area contributed by atoms with Crippen LogP contribution in [0.4, 0.5) is 0 Å². The lowest BCUT2D eigenvalue weighted by Gasteiger charge is -1.96. The van der Waals surface area contributed by atoms with Crippen LogP contribution in [0.3, 0.4) is 0 Å². The van der Waals surface area contributed by atoms with Gasteiger partial charge in [-0.2, -0.15) is 0 Å². The van der Waals surface area contributed by atoms with Crippen LogP contribution >= 0.6 is 23.2 Å². The normalized spacial score (nSPS) is 11.9. The highest BCUT2D eigenvalue weighted by Crippen LogP contribution is 2.14. The van der Waals surface area contributed by atoms with Crippen LogP contribution in [0, 0.1) is 0 Å². The highest BCUT2D eigenvalue weighted by atomic mass is 35.5. The first kappa shape index (κ1) is 10.3. The highest BCUT2D eigenvalue weighted by Gasteiger charge is 2.15. The van der Waals surface area contributed by atoms with Crippen LogP contribution in [0.1, 0.15) is 0 Å². The number of esters is 1. The molecule has 1 amide bonds. The van der Waals surface area contributed by atoms with Gasteiger partial charge in [-0.25, -0.2) is 4.79 Å². The zero-order chi connectivity index (χ0) is 9.02. The second-order valence-electron chi connectivity index (χ2n) is 1.48. The molecule has 0 fully saturated rings. The van der Waals surface area contributed by atoms with Crippen LogP contribution in [0.15, 0.2) is 10.1 Å². The van der Waals surface area contributed by atoms with Gasteiger partial charge in [0.15, 0.2) is 0 Å². The minimum absolute atomic E-state index is 0.512. The first-order valence-corrected chi connectivity index (χ1v) is 3.19. The molecule has 0 radical (unpaired) electrons. The molecule has 0 aliphatic heterocycles. The summed E-state index contributed by atoms with van der Waals surface area (Å²) in [5, 5.41) is -1.04. The van der Waals surface area contributed by atoms with E-state index in [2.05, 4.69) is 4.74 Å². The van der Waals surface area contributed by atoms with Crippen molar-refractivity contribution in [1.82, 2.24) is 0 Å². The maximum absolute atomic E-state index is 10.6. The molecule has 0 aliphatic rings. The van der Waals surface area contributed by atoms with Gasteiger partial charge >= 0.3 is 5.97 Å². The molecule has 0 bridgehead atoms. The number of methoxy groups -OCH3 is 1. The molecule has 0 heterocycles. The summed E-state index contributed by atoms with van der Waals surface area (Å²) in [4.78, 5) is 20.9. The molecular weight excluding hydrogens is 193 g/mol. The maximum atomic E-state index is 10.6. The van der Waals surface area contributed by atoms with Gasteiger partial charge < -0.3 is 10.5 Å². The molecule has 0 aromatic heterocycles. The van der Waals surface area contributed by atoms with Gasteiger partial charge in [-0.3, -0.25) is 4.79 Å². The van der Waals surface area contributed by atoms with E-state index in [1.807, 2.05) is 0 Å². The van der Waals surface area contributed by atoms with Crippen molar-refractivity contribution in [2.45, 2.75) is 0 Å². The number of carbonyl (C=O) groups excluding carboxylic acids is 2. The summed E-state index contributed by atoms with van der Waals surface area (Å²) in [5.74, 6) is -1.86. The second-order valence-corrected chi connectivity index (χ2v) is 2.24. The maximum Gasteiger partial charge on any atom is 0.351 e. The number of rotatable bonds is 2. The molecule has 0 unspecified atom stereocenters. The van der Waals surface area contributed by atoms with Crippen molar-refractivity contribution in [1.29, 1.82) is 0 Å². The molecule has 0 spiro atoms. The number of halogens is 2. The van der Waals surface area contributed by atoms with Crippen molar-refractivity contribution < 1.29 is 14.3 Å². The lowest BCUT2D eigenvalue weighted by molar-refractivity contribution is -0.135. The average molecular weight is 198 g/mol. The molecule has 0 aromatic rings. The Hall–Kier alpha value is -0.740. The second kappa shape index (κ2) is 4.20. The van der Waals surface area contributed by atoms with Crippen molar-refractivity contribution in [2.75, 3.05) is 7.11 Å². The molecule has 0 atom stereocenters. The van der Waals surface area contributed by atoms with Gasteiger partial charge in [0.2, 0.25) is 0 Å². The van der Waals surface area contributed by atoms with Crippen molar-refractivity contribution in [3.8, 4) is 0 Å². The van der Waals surface area contributed by atoms with E-state index in [9.17, 15) is 9.59 Å². The van der Waals surface area contributed by atoms with Gasteiger partial charge in [0.1, 0.15) is 10.1 Å². The fourth-order valence-electron chi connectivity index (χ4n) is 0.287. The van der Waals surface area contributed by atoms with E-state index >= 15 is 0 Å². The third kappa shape index (κ3) is 2.78. The largest absolute Gasteiger partial charge is 0.465 e. The number of carbonyl (C=O) groups is 2. The number of hydrogen-bond acceptors (Lipinski definition) is 3. The summed E-state index contributed by atoms with van der Waals surface area (Å²) < 4.78 is 4.16. The molecule has 62 valence electrons. The number of ether oxygens (including phenoxy) is 1. The van der Waals surface area contributed by atoms with E-state index in [1.54, 1.807) is 0 Å². The smallest absolute Gasteiger partial charge is 0.351 e. The van der Waals surface area contributed by atoms with E-state index in [4.69, 9.17) is 28.9 Å². The van der Waals surface area contributed by atoms with Gasteiger partial charge in [-0.05, 0) is 0 Å². The van der Waals surface area contributed by atoms with E-state index in [1.165, 1.54) is 0 Å². The van der Waals surface area contributed by atoms with Crippen LogP contribution in [-0.4, -0.2) is 19.0 Å². The van der Waals surface area contributed by atoms with Crippen molar-refractivity contribution in [3.05, 3.63) is 10.1 Å². The molecule has 0 aliphatic carbocycles. The van der Waals surface area contributed by atoms with E-state index in [-0.39, 0.29) is 0 Å². The molecule has 11 heavy (non-hydrogen) atoms. The van der Waals surface area contributed by atoms with E-state index < -0.39 is 21.9 Å². The lowest BCUT2D eigenvalue weighted by atomic mass is 10.5. The third-order valence-electron chi connectivity index (χ3n) is 0.774. The number of primary amides is 1. The Bertz CT molecular complexity index is 224. The quantitative estimate of drug-likeness (QED) is 0.513. The van der Waals surface area contributed by atoms with Gasteiger partial charge in [0.05, 0.1) is 7.11 Å². The molecule has 0 saturated carbocycles. The summed E-state index contributed by atoms with van der Waals surface area (Å²) in [6.07, 6.45) is 0. The third-order valence-corrected chi connectivity index (χ3v) is 1.59. The van der Waals surface area contributed by atoms with E-state index in [0.29, 0.717) is 0 Å². The zero-order valence-corrected chi connectivity index (χ0v) is 7.07. The minimum atomic E-state index is -0.970. The standard InChI is InChI=1S/C5H5Cl2NO3/c1-11-5(10)3(7)2(6)4(8)9/h1H3,(H2,8,9)/b3-2-. The van der Waals surface area contributed by atoms with Crippen LogP contribution in [-0.2, 0) is 14.3 Å². The average Bonchev–Trinajstić information content (AvgIpc) is 2.00. The van der Waals surface area contributed by atoms with Gasteiger partial charge in [0.25, 0.3) is 5.91 Å². The minimum Gasteiger partial charge on any atom is -0.465 e. The summed E-state index contributed by atoms with van der Waals surface area (Å²) in [6.45, 7) is 0. The first-order chi connectivity index (χ1) is 5.00. The molecule has 4 nitrogen and oxygen atoms in total. The monoisotopic (exact) mass is 197 g/mol. The van der Waals surface area contributed by atoms with Crippen molar-refractivity contribution in [2.24, 2.45) is 5.73 Å².